The lowest BCUT2D eigenvalue weighted by molar-refractivity contribution is -0.140. The molecule has 150 valence electrons. The average molecular weight is 385 g/mol. The van der Waals surface area contributed by atoms with Gasteiger partial charge in [-0.2, -0.15) is 0 Å². The molecule has 0 aromatic heterocycles. The van der Waals surface area contributed by atoms with Gasteiger partial charge in [-0.05, 0) is 63.2 Å². The molecule has 0 aromatic carbocycles. The molecule has 0 aromatic rings. The van der Waals surface area contributed by atoms with Crippen molar-refractivity contribution in [3.63, 3.8) is 0 Å². The lowest BCUT2D eigenvalue weighted by Gasteiger charge is -2.39. The number of thioether (sulfide) groups is 1. The second-order valence-electron chi connectivity index (χ2n) is 7.90. The summed E-state index contributed by atoms with van der Waals surface area (Å²) in [6.07, 6.45) is 14.1. The van der Waals surface area contributed by atoms with Crippen LogP contribution in [0.15, 0.2) is 12.2 Å². The Balaban J connectivity index is 1.76. The lowest BCUT2D eigenvalue weighted by atomic mass is 9.86. The Kier molecular flexibility index (Phi) is 8.98. The summed E-state index contributed by atoms with van der Waals surface area (Å²) >= 11 is 1.74. The molecule has 0 amide bonds. The number of carbonyl (C=O) groups is 1. The fourth-order valence-corrected chi connectivity index (χ4v) is 6.29. The Morgan fingerprint density at radius 2 is 2.12 bits per heavy atom. The minimum Gasteiger partial charge on any atom is -0.469 e. The summed E-state index contributed by atoms with van der Waals surface area (Å²) in [5, 5.41) is 21.8. The zero-order valence-corrected chi connectivity index (χ0v) is 17.2. The quantitative estimate of drug-likeness (QED) is 0.331. The number of rotatable bonds is 10. The van der Waals surface area contributed by atoms with Crippen LogP contribution in [0.25, 0.3) is 0 Å². The standard InChI is InChI=1S/C21H36O4S/c1-3-4-9-13-21(24)14-12-17-16(18(22)15-19(17)26-21)10-7-5-6-8-11-20(23)25-2/h5,7,16-19,22,24H,3-4,6,8-15H2,1-2H3/b7-5-/t16-,17-,18+,19-,21?/m1/s1. The minimum absolute atomic E-state index is 0.155. The number of carbonyl (C=O) groups excluding carboxylic acids is 1. The first kappa shape index (κ1) is 21.8. The van der Waals surface area contributed by atoms with Gasteiger partial charge in [-0.1, -0.05) is 31.9 Å². The summed E-state index contributed by atoms with van der Waals surface area (Å²) < 4.78 is 4.64. The summed E-state index contributed by atoms with van der Waals surface area (Å²) in [7, 11) is 1.42. The van der Waals surface area contributed by atoms with Gasteiger partial charge in [-0.3, -0.25) is 4.79 Å². The van der Waals surface area contributed by atoms with E-state index in [-0.39, 0.29) is 12.1 Å². The molecule has 1 saturated carbocycles. The number of esters is 1. The monoisotopic (exact) mass is 384 g/mol. The van der Waals surface area contributed by atoms with Crippen LogP contribution in [-0.2, 0) is 9.53 Å². The largest absolute Gasteiger partial charge is 0.469 e. The van der Waals surface area contributed by atoms with Gasteiger partial charge in [0.25, 0.3) is 0 Å². The minimum atomic E-state index is -0.575. The van der Waals surface area contributed by atoms with Crippen LogP contribution < -0.4 is 0 Å². The molecule has 2 N–H and O–H groups in total. The first-order valence-corrected chi connectivity index (χ1v) is 11.2. The number of fused-ring (bicyclic) bond motifs is 1. The molecule has 5 heteroatoms. The van der Waals surface area contributed by atoms with E-state index >= 15 is 0 Å². The van der Waals surface area contributed by atoms with E-state index in [0.29, 0.717) is 23.5 Å². The van der Waals surface area contributed by atoms with Crippen LogP contribution in [0.5, 0.6) is 0 Å². The maximum atomic E-state index is 11.1. The van der Waals surface area contributed by atoms with Gasteiger partial charge in [-0.15, -0.1) is 11.8 Å². The van der Waals surface area contributed by atoms with Crippen LogP contribution in [-0.4, -0.2) is 39.6 Å². The van der Waals surface area contributed by atoms with E-state index in [2.05, 4.69) is 23.8 Å². The van der Waals surface area contributed by atoms with Crippen LogP contribution in [0.2, 0.25) is 0 Å². The molecule has 2 fully saturated rings. The van der Waals surface area contributed by atoms with Gasteiger partial charge in [0.1, 0.15) is 4.93 Å². The second kappa shape index (κ2) is 10.7. The highest BCUT2D eigenvalue weighted by atomic mass is 32.2. The highest BCUT2D eigenvalue weighted by Crippen LogP contribution is 2.54. The summed E-state index contributed by atoms with van der Waals surface area (Å²) in [4.78, 5) is 10.5. The Bertz CT molecular complexity index is 467. The number of methoxy groups -OCH3 is 1. The van der Waals surface area contributed by atoms with E-state index in [4.69, 9.17) is 0 Å². The van der Waals surface area contributed by atoms with Crippen molar-refractivity contribution in [3.8, 4) is 0 Å². The molecule has 4 nitrogen and oxygen atoms in total. The van der Waals surface area contributed by atoms with Crippen molar-refractivity contribution in [1.29, 1.82) is 0 Å². The van der Waals surface area contributed by atoms with Crippen molar-refractivity contribution >= 4 is 17.7 Å². The molecule has 1 heterocycles. The maximum absolute atomic E-state index is 11.1. The van der Waals surface area contributed by atoms with E-state index in [1.807, 2.05) is 0 Å². The van der Waals surface area contributed by atoms with E-state index < -0.39 is 4.93 Å². The summed E-state index contributed by atoms with van der Waals surface area (Å²) in [5.41, 5.74) is 0. The topological polar surface area (TPSA) is 66.8 Å². The number of unbranched alkanes of at least 4 members (excludes halogenated alkanes) is 3. The summed E-state index contributed by atoms with van der Waals surface area (Å²) in [6, 6.07) is 0. The van der Waals surface area contributed by atoms with E-state index in [1.165, 1.54) is 20.0 Å². The fraction of sp³-hybridized carbons (Fsp3) is 0.857. The van der Waals surface area contributed by atoms with Gasteiger partial charge < -0.3 is 14.9 Å². The van der Waals surface area contributed by atoms with Gasteiger partial charge in [0.15, 0.2) is 0 Å². The number of hydrogen-bond acceptors (Lipinski definition) is 5. The van der Waals surface area contributed by atoms with E-state index in [0.717, 1.165) is 51.4 Å². The second-order valence-corrected chi connectivity index (χ2v) is 9.51. The Morgan fingerprint density at radius 1 is 1.31 bits per heavy atom. The van der Waals surface area contributed by atoms with Crippen molar-refractivity contribution in [2.45, 2.75) is 93.8 Å². The average Bonchev–Trinajstić information content (AvgIpc) is 2.91. The van der Waals surface area contributed by atoms with Gasteiger partial charge in [0.05, 0.1) is 13.2 Å². The third-order valence-electron chi connectivity index (χ3n) is 5.96. The van der Waals surface area contributed by atoms with Crippen LogP contribution in [0.4, 0.5) is 0 Å². The molecule has 0 spiro atoms. The normalized spacial score (nSPS) is 34.2. The molecule has 1 unspecified atom stereocenters. The number of aliphatic hydroxyl groups excluding tert-OH is 1. The summed E-state index contributed by atoms with van der Waals surface area (Å²) in [5.74, 6) is 0.670. The predicted molar refractivity (Wildman–Crippen MR) is 107 cm³/mol. The first-order chi connectivity index (χ1) is 12.5. The van der Waals surface area contributed by atoms with Crippen molar-refractivity contribution in [3.05, 3.63) is 12.2 Å². The third kappa shape index (κ3) is 6.28. The van der Waals surface area contributed by atoms with Crippen molar-refractivity contribution in [2.75, 3.05) is 7.11 Å². The predicted octanol–water partition coefficient (Wildman–Crippen LogP) is 4.44. The Hall–Kier alpha value is -0.520. The maximum Gasteiger partial charge on any atom is 0.305 e. The smallest absolute Gasteiger partial charge is 0.305 e. The zero-order chi connectivity index (χ0) is 19.0. The van der Waals surface area contributed by atoms with Gasteiger partial charge in [-0.25, -0.2) is 0 Å². The molecule has 1 saturated heterocycles. The molecular formula is C21H36O4S. The molecular weight excluding hydrogens is 348 g/mol. The van der Waals surface area contributed by atoms with Crippen molar-refractivity contribution in [2.24, 2.45) is 11.8 Å². The van der Waals surface area contributed by atoms with Crippen molar-refractivity contribution < 1.29 is 19.7 Å². The van der Waals surface area contributed by atoms with Crippen LogP contribution in [0, 0.1) is 11.8 Å². The van der Waals surface area contributed by atoms with Crippen molar-refractivity contribution in [1.82, 2.24) is 0 Å². The number of hydrogen-bond donors (Lipinski definition) is 2. The van der Waals surface area contributed by atoms with Crippen LogP contribution in [0.1, 0.15) is 77.6 Å². The van der Waals surface area contributed by atoms with E-state index in [1.54, 1.807) is 11.8 Å². The van der Waals surface area contributed by atoms with E-state index in [9.17, 15) is 15.0 Å². The molecule has 0 radical (unpaired) electrons. The van der Waals surface area contributed by atoms with Gasteiger partial charge >= 0.3 is 5.97 Å². The van der Waals surface area contributed by atoms with Gasteiger partial charge in [0.2, 0.25) is 0 Å². The Morgan fingerprint density at radius 3 is 2.85 bits per heavy atom. The molecule has 2 rings (SSSR count). The third-order valence-corrected chi connectivity index (χ3v) is 7.65. The summed E-state index contributed by atoms with van der Waals surface area (Å²) in [6.45, 7) is 2.19. The zero-order valence-electron chi connectivity index (χ0n) is 16.4. The SMILES string of the molecule is CCCCCC1(O)CC[C@@H]2[C@@H](C/C=C\CCCC(=O)OC)[C@@H](O)C[C@H]2S1. The van der Waals surface area contributed by atoms with Crippen LogP contribution in [0.3, 0.4) is 0 Å². The number of aliphatic hydroxyl groups is 2. The molecule has 0 bridgehead atoms. The lowest BCUT2D eigenvalue weighted by Crippen LogP contribution is -2.36. The molecule has 1 aliphatic carbocycles. The van der Waals surface area contributed by atoms with Gasteiger partial charge in [0, 0.05) is 11.7 Å². The molecule has 2 aliphatic rings. The Labute approximate surface area is 162 Å². The number of allylic oxidation sites excluding steroid dienone is 2. The molecule has 26 heavy (non-hydrogen) atoms. The number of ether oxygens (including phenoxy) is 1. The molecule has 5 atom stereocenters. The molecule has 1 aliphatic heterocycles. The first-order valence-electron chi connectivity index (χ1n) is 10.3. The van der Waals surface area contributed by atoms with Crippen LogP contribution >= 0.6 is 11.8 Å². The fourth-order valence-electron chi connectivity index (χ4n) is 4.42. The highest BCUT2D eigenvalue weighted by molar-refractivity contribution is 8.01. The highest BCUT2D eigenvalue weighted by Gasteiger charge is 2.49.